The second-order valence-electron chi connectivity index (χ2n) is 7.21. The summed E-state index contributed by atoms with van der Waals surface area (Å²) < 4.78 is 38.0. The van der Waals surface area contributed by atoms with Crippen LogP contribution in [0, 0.1) is 11.6 Å². The third-order valence-electron chi connectivity index (χ3n) is 4.38. The molecule has 0 heterocycles. The van der Waals surface area contributed by atoms with Crippen molar-refractivity contribution < 1.29 is 18.3 Å². The van der Waals surface area contributed by atoms with Gasteiger partial charge in [0.25, 0.3) is 0 Å². The van der Waals surface area contributed by atoms with Gasteiger partial charge in [0.2, 0.25) is 0 Å². The van der Waals surface area contributed by atoms with Crippen molar-refractivity contribution in [3.8, 4) is 11.5 Å². The van der Waals surface area contributed by atoms with E-state index in [9.17, 15) is 8.78 Å². The van der Waals surface area contributed by atoms with Crippen LogP contribution in [-0.2, 0) is 16.8 Å². The van der Waals surface area contributed by atoms with Crippen LogP contribution in [0.2, 0.25) is 5.02 Å². The molecule has 0 aliphatic heterocycles. The Morgan fingerprint density at radius 1 is 0.893 bits per heavy atom. The molecule has 3 aromatic rings. The molecule has 0 atom stereocenters. The van der Waals surface area contributed by atoms with Crippen LogP contribution in [0.5, 0.6) is 11.5 Å². The average molecular weight is 403 g/mol. The van der Waals surface area contributed by atoms with Gasteiger partial charge in [0.05, 0.1) is 18.2 Å². The first-order valence-electron chi connectivity index (χ1n) is 8.89. The van der Waals surface area contributed by atoms with E-state index in [2.05, 4.69) is 0 Å². The minimum atomic E-state index is -0.430. The summed E-state index contributed by atoms with van der Waals surface area (Å²) in [5.41, 5.74) is 1.54. The fourth-order valence-corrected chi connectivity index (χ4v) is 2.94. The van der Waals surface area contributed by atoms with Crippen molar-refractivity contribution in [1.82, 2.24) is 0 Å². The molecule has 0 saturated carbocycles. The summed E-state index contributed by atoms with van der Waals surface area (Å²) in [5.74, 6) is 0.478. The highest BCUT2D eigenvalue weighted by atomic mass is 35.5. The molecule has 0 amide bonds. The number of rotatable bonds is 7. The minimum Gasteiger partial charge on any atom is -0.457 e. The first kappa shape index (κ1) is 20.3. The Labute approximate surface area is 168 Å². The molecule has 0 saturated heterocycles. The maximum atomic E-state index is 13.4. The van der Waals surface area contributed by atoms with E-state index in [1.807, 2.05) is 38.1 Å². The summed E-state index contributed by atoms with van der Waals surface area (Å²) in [6, 6.07) is 18.1. The van der Waals surface area contributed by atoms with Gasteiger partial charge in [0.15, 0.2) is 0 Å². The lowest BCUT2D eigenvalue weighted by molar-refractivity contribution is 0.0824. The van der Waals surface area contributed by atoms with Crippen molar-refractivity contribution in [2.75, 3.05) is 6.61 Å². The summed E-state index contributed by atoms with van der Waals surface area (Å²) >= 11 is 5.89. The van der Waals surface area contributed by atoms with Crippen molar-refractivity contribution in [2.24, 2.45) is 0 Å². The van der Waals surface area contributed by atoms with Crippen LogP contribution in [-0.4, -0.2) is 6.61 Å². The van der Waals surface area contributed by atoms with Crippen LogP contribution in [0.1, 0.15) is 25.0 Å². The van der Waals surface area contributed by atoms with Gasteiger partial charge >= 0.3 is 0 Å². The zero-order chi connectivity index (χ0) is 20.1. The van der Waals surface area contributed by atoms with Crippen LogP contribution in [0.4, 0.5) is 8.78 Å². The summed E-state index contributed by atoms with van der Waals surface area (Å²) in [4.78, 5) is 0. The third kappa shape index (κ3) is 5.31. The van der Waals surface area contributed by atoms with Gasteiger partial charge in [-0.2, -0.15) is 0 Å². The van der Waals surface area contributed by atoms with E-state index in [-0.39, 0.29) is 16.3 Å². The quantitative estimate of drug-likeness (QED) is 0.427. The molecule has 0 aliphatic carbocycles. The van der Waals surface area contributed by atoms with Crippen LogP contribution in [0.15, 0.2) is 66.7 Å². The smallest absolute Gasteiger partial charge is 0.141 e. The zero-order valence-corrected chi connectivity index (χ0v) is 16.5. The number of benzene rings is 3. The van der Waals surface area contributed by atoms with Crippen LogP contribution >= 0.6 is 11.6 Å². The van der Waals surface area contributed by atoms with Crippen molar-refractivity contribution >= 4 is 11.6 Å². The van der Waals surface area contributed by atoms with E-state index in [0.29, 0.717) is 24.7 Å². The molecule has 0 bridgehead atoms. The summed E-state index contributed by atoms with van der Waals surface area (Å²) in [6.07, 6.45) is 0. The van der Waals surface area contributed by atoms with Crippen LogP contribution < -0.4 is 4.74 Å². The Bertz CT molecular complexity index is 940. The molecule has 0 spiro atoms. The van der Waals surface area contributed by atoms with Crippen LogP contribution in [0.3, 0.4) is 0 Å². The Morgan fingerprint density at radius 3 is 2.36 bits per heavy atom. The Morgan fingerprint density at radius 2 is 1.64 bits per heavy atom. The van der Waals surface area contributed by atoms with Gasteiger partial charge in [0, 0.05) is 5.41 Å². The standard InChI is InChI=1S/C23H21ClF2O2/c1-23(2,17-6-11-22(26)21(24)13-17)15-27-14-16-4-3-5-20(12-16)28-19-9-7-18(25)8-10-19/h3-13H,14-15H2,1-2H3. The lowest BCUT2D eigenvalue weighted by Crippen LogP contribution is -2.24. The first-order valence-corrected chi connectivity index (χ1v) is 9.27. The number of hydrogen-bond donors (Lipinski definition) is 0. The van der Waals surface area contributed by atoms with Crippen LogP contribution in [0.25, 0.3) is 0 Å². The Hall–Kier alpha value is -2.43. The van der Waals surface area contributed by atoms with E-state index >= 15 is 0 Å². The van der Waals surface area contributed by atoms with Crippen molar-refractivity contribution in [3.05, 3.63) is 94.5 Å². The molecule has 0 unspecified atom stereocenters. The molecule has 3 rings (SSSR count). The number of ether oxygens (including phenoxy) is 2. The fourth-order valence-electron chi connectivity index (χ4n) is 2.76. The van der Waals surface area contributed by atoms with E-state index in [1.165, 1.54) is 18.2 Å². The maximum absolute atomic E-state index is 13.4. The second-order valence-corrected chi connectivity index (χ2v) is 7.62. The minimum absolute atomic E-state index is 0.108. The molecule has 28 heavy (non-hydrogen) atoms. The normalized spacial score (nSPS) is 11.5. The molecule has 0 aromatic heterocycles. The van der Waals surface area contributed by atoms with Gasteiger partial charge in [0.1, 0.15) is 23.1 Å². The number of hydrogen-bond acceptors (Lipinski definition) is 2. The summed E-state index contributed by atoms with van der Waals surface area (Å²) in [7, 11) is 0. The van der Waals surface area contributed by atoms with Gasteiger partial charge in [-0.3, -0.25) is 0 Å². The molecular formula is C23H21ClF2O2. The molecule has 146 valence electrons. The third-order valence-corrected chi connectivity index (χ3v) is 4.67. The molecule has 0 N–H and O–H groups in total. The average Bonchev–Trinajstić information content (AvgIpc) is 2.66. The lowest BCUT2D eigenvalue weighted by atomic mass is 9.85. The van der Waals surface area contributed by atoms with Gasteiger partial charge in [-0.25, -0.2) is 8.78 Å². The van der Waals surface area contributed by atoms with Gasteiger partial charge in [-0.1, -0.05) is 43.6 Å². The molecule has 0 fully saturated rings. The molecule has 2 nitrogen and oxygen atoms in total. The molecular weight excluding hydrogens is 382 g/mol. The van der Waals surface area contributed by atoms with Gasteiger partial charge in [-0.05, 0) is 59.7 Å². The predicted octanol–water partition coefficient (Wildman–Crippen LogP) is 6.90. The van der Waals surface area contributed by atoms with E-state index in [1.54, 1.807) is 24.3 Å². The lowest BCUT2D eigenvalue weighted by Gasteiger charge is -2.25. The van der Waals surface area contributed by atoms with E-state index in [4.69, 9.17) is 21.1 Å². The Kier molecular flexibility index (Phi) is 6.32. The van der Waals surface area contributed by atoms with E-state index < -0.39 is 5.82 Å². The summed E-state index contributed by atoms with van der Waals surface area (Å²) in [5, 5.41) is 0.108. The van der Waals surface area contributed by atoms with Gasteiger partial charge in [-0.15, -0.1) is 0 Å². The molecule has 0 aliphatic rings. The largest absolute Gasteiger partial charge is 0.457 e. The second kappa shape index (κ2) is 8.72. The SMILES string of the molecule is CC(C)(COCc1cccc(Oc2ccc(F)cc2)c1)c1ccc(F)c(Cl)c1. The topological polar surface area (TPSA) is 18.5 Å². The van der Waals surface area contributed by atoms with E-state index in [0.717, 1.165) is 11.1 Å². The van der Waals surface area contributed by atoms with Gasteiger partial charge < -0.3 is 9.47 Å². The summed E-state index contributed by atoms with van der Waals surface area (Å²) in [6.45, 7) is 4.88. The fraction of sp³-hybridized carbons (Fsp3) is 0.217. The maximum Gasteiger partial charge on any atom is 0.141 e. The molecule has 3 aromatic carbocycles. The number of halogens is 3. The van der Waals surface area contributed by atoms with Crippen molar-refractivity contribution in [2.45, 2.75) is 25.9 Å². The van der Waals surface area contributed by atoms with Crippen molar-refractivity contribution in [1.29, 1.82) is 0 Å². The monoisotopic (exact) mass is 402 g/mol. The highest BCUT2D eigenvalue weighted by molar-refractivity contribution is 6.30. The predicted molar refractivity (Wildman–Crippen MR) is 107 cm³/mol. The highest BCUT2D eigenvalue weighted by Crippen LogP contribution is 2.28. The molecule has 0 radical (unpaired) electrons. The van der Waals surface area contributed by atoms with Crippen molar-refractivity contribution in [3.63, 3.8) is 0 Å². The molecule has 5 heteroatoms. The first-order chi connectivity index (χ1) is 13.3. The Balaban J connectivity index is 1.59. The zero-order valence-electron chi connectivity index (χ0n) is 15.7. The highest BCUT2D eigenvalue weighted by Gasteiger charge is 2.22.